The molecule has 2 nitrogen and oxygen atoms in total. The summed E-state index contributed by atoms with van der Waals surface area (Å²) < 4.78 is 5.51. The van der Waals surface area contributed by atoms with Gasteiger partial charge in [0.2, 0.25) is 0 Å². The zero-order valence-corrected chi connectivity index (χ0v) is 11.0. The molecule has 1 aliphatic rings. The molecule has 2 heteroatoms. The van der Waals surface area contributed by atoms with Gasteiger partial charge in [-0.05, 0) is 30.4 Å². The first kappa shape index (κ1) is 12.4. The summed E-state index contributed by atoms with van der Waals surface area (Å²) in [5.74, 6) is 1.44. The van der Waals surface area contributed by atoms with E-state index in [1.807, 2.05) is 0 Å². The van der Waals surface area contributed by atoms with Gasteiger partial charge < -0.3 is 9.84 Å². The molecule has 1 aromatic carbocycles. The minimum Gasteiger partial charge on any atom is -0.496 e. The lowest BCUT2D eigenvalue weighted by Crippen LogP contribution is -2.38. The summed E-state index contributed by atoms with van der Waals surface area (Å²) >= 11 is 0. The van der Waals surface area contributed by atoms with Crippen molar-refractivity contribution in [2.24, 2.45) is 0 Å². The summed E-state index contributed by atoms with van der Waals surface area (Å²) in [4.78, 5) is 0. The van der Waals surface area contributed by atoms with E-state index in [0.717, 1.165) is 18.6 Å². The predicted molar refractivity (Wildman–Crippen MR) is 69.7 cm³/mol. The zero-order chi connectivity index (χ0) is 12.5. The van der Waals surface area contributed by atoms with Crippen LogP contribution in [0.2, 0.25) is 0 Å². The van der Waals surface area contributed by atoms with Gasteiger partial charge in [0.05, 0.1) is 13.7 Å². The number of aliphatic hydroxyl groups excluding tert-OH is 1. The van der Waals surface area contributed by atoms with Crippen LogP contribution in [-0.4, -0.2) is 18.8 Å². The number of hydrogen-bond donors (Lipinski definition) is 1. The molecule has 0 aromatic heterocycles. The topological polar surface area (TPSA) is 29.5 Å². The van der Waals surface area contributed by atoms with Crippen LogP contribution in [0.4, 0.5) is 0 Å². The van der Waals surface area contributed by atoms with Gasteiger partial charge in [0.25, 0.3) is 0 Å². The van der Waals surface area contributed by atoms with Gasteiger partial charge in [-0.1, -0.05) is 32.4 Å². The van der Waals surface area contributed by atoms with Crippen molar-refractivity contribution >= 4 is 0 Å². The highest BCUT2D eigenvalue weighted by Gasteiger charge is 2.40. The van der Waals surface area contributed by atoms with Crippen molar-refractivity contribution in [2.45, 2.75) is 44.4 Å². The second kappa shape index (κ2) is 4.69. The molecule has 1 aromatic rings. The summed E-state index contributed by atoms with van der Waals surface area (Å²) in [6.45, 7) is 4.59. The molecular formula is C15H22O2. The molecule has 0 atom stereocenters. The molecule has 94 valence electrons. The molecule has 1 fully saturated rings. The van der Waals surface area contributed by atoms with Crippen LogP contribution in [0.25, 0.3) is 0 Å². The summed E-state index contributed by atoms with van der Waals surface area (Å²) in [6, 6.07) is 6.43. The lowest BCUT2D eigenvalue weighted by molar-refractivity contribution is 0.117. The zero-order valence-electron chi connectivity index (χ0n) is 11.0. The molecule has 0 unspecified atom stereocenters. The first-order chi connectivity index (χ1) is 8.13. The fraction of sp³-hybridized carbons (Fsp3) is 0.600. The van der Waals surface area contributed by atoms with Gasteiger partial charge in [0.15, 0.2) is 0 Å². The number of hydrogen-bond acceptors (Lipinski definition) is 2. The van der Waals surface area contributed by atoms with E-state index < -0.39 is 0 Å². The van der Waals surface area contributed by atoms with Crippen molar-refractivity contribution in [3.63, 3.8) is 0 Å². The van der Waals surface area contributed by atoms with E-state index in [9.17, 15) is 5.11 Å². The van der Waals surface area contributed by atoms with E-state index in [2.05, 4.69) is 32.0 Å². The van der Waals surface area contributed by atoms with Crippen LogP contribution in [0.15, 0.2) is 18.2 Å². The van der Waals surface area contributed by atoms with Crippen LogP contribution in [0.3, 0.4) is 0 Å². The third-order valence-corrected chi connectivity index (χ3v) is 4.08. The quantitative estimate of drug-likeness (QED) is 0.866. The van der Waals surface area contributed by atoms with Crippen LogP contribution < -0.4 is 4.74 Å². The van der Waals surface area contributed by atoms with Crippen molar-refractivity contribution < 1.29 is 9.84 Å². The van der Waals surface area contributed by atoms with Crippen LogP contribution in [0.5, 0.6) is 5.75 Å². The van der Waals surface area contributed by atoms with E-state index in [1.165, 1.54) is 17.5 Å². The van der Waals surface area contributed by atoms with Crippen molar-refractivity contribution in [2.75, 3.05) is 13.7 Å². The maximum atomic E-state index is 9.63. The fourth-order valence-electron chi connectivity index (χ4n) is 2.62. The van der Waals surface area contributed by atoms with Gasteiger partial charge >= 0.3 is 0 Å². The third kappa shape index (κ3) is 2.06. The summed E-state index contributed by atoms with van der Waals surface area (Å²) in [7, 11) is 1.71. The molecule has 0 aliphatic heterocycles. The average molecular weight is 234 g/mol. The van der Waals surface area contributed by atoms with E-state index in [0.29, 0.717) is 5.92 Å². The lowest BCUT2D eigenvalue weighted by Gasteiger charge is -2.41. The molecule has 0 saturated heterocycles. The van der Waals surface area contributed by atoms with E-state index >= 15 is 0 Å². The van der Waals surface area contributed by atoms with E-state index in [-0.39, 0.29) is 12.0 Å². The second-order valence-corrected chi connectivity index (χ2v) is 5.41. The SMILES string of the molecule is COc1cc(C(C)C)ccc1C1(CO)CCC1. The summed E-state index contributed by atoms with van der Waals surface area (Å²) in [5, 5.41) is 9.63. The highest BCUT2D eigenvalue weighted by Crippen LogP contribution is 2.47. The molecule has 0 amide bonds. The van der Waals surface area contributed by atoms with Crippen LogP contribution in [0, 0.1) is 0 Å². The lowest BCUT2D eigenvalue weighted by atomic mass is 9.64. The van der Waals surface area contributed by atoms with Crippen molar-refractivity contribution in [3.05, 3.63) is 29.3 Å². The highest BCUT2D eigenvalue weighted by atomic mass is 16.5. The van der Waals surface area contributed by atoms with Crippen molar-refractivity contribution in [1.82, 2.24) is 0 Å². The number of aliphatic hydroxyl groups is 1. The number of rotatable bonds is 4. The first-order valence-electron chi connectivity index (χ1n) is 6.42. The normalized spacial score (nSPS) is 17.9. The standard InChI is InChI=1S/C15H22O2/c1-11(2)12-5-6-13(14(9-12)17-3)15(10-16)7-4-8-15/h5-6,9,11,16H,4,7-8,10H2,1-3H3. The molecule has 1 aliphatic carbocycles. The number of methoxy groups -OCH3 is 1. The van der Waals surface area contributed by atoms with E-state index in [1.54, 1.807) is 7.11 Å². The van der Waals surface area contributed by atoms with Gasteiger partial charge in [0, 0.05) is 11.0 Å². The molecule has 0 radical (unpaired) electrons. The Morgan fingerprint density at radius 3 is 2.47 bits per heavy atom. The maximum Gasteiger partial charge on any atom is 0.122 e. The molecule has 0 bridgehead atoms. The molecule has 0 heterocycles. The summed E-state index contributed by atoms with van der Waals surface area (Å²) in [6.07, 6.45) is 3.34. The van der Waals surface area contributed by atoms with Gasteiger partial charge in [0.1, 0.15) is 5.75 Å². The van der Waals surface area contributed by atoms with Gasteiger partial charge in [-0.15, -0.1) is 0 Å². The minimum atomic E-state index is -0.0408. The molecule has 1 N–H and O–H groups in total. The summed E-state index contributed by atoms with van der Waals surface area (Å²) in [5.41, 5.74) is 2.43. The first-order valence-corrected chi connectivity index (χ1v) is 6.42. The molecule has 0 spiro atoms. The average Bonchev–Trinajstić information content (AvgIpc) is 2.28. The van der Waals surface area contributed by atoms with Gasteiger partial charge in [-0.2, -0.15) is 0 Å². The van der Waals surface area contributed by atoms with Crippen LogP contribution >= 0.6 is 0 Å². The maximum absolute atomic E-state index is 9.63. The Morgan fingerprint density at radius 1 is 1.35 bits per heavy atom. The Balaban J connectivity index is 2.40. The molecule has 17 heavy (non-hydrogen) atoms. The number of benzene rings is 1. The Kier molecular flexibility index (Phi) is 3.43. The van der Waals surface area contributed by atoms with E-state index in [4.69, 9.17) is 4.74 Å². The predicted octanol–water partition coefficient (Wildman–Crippen LogP) is 3.23. The Labute approximate surface area is 104 Å². The van der Waals surface area contributed by atoms with Gasteiger partial charge in [-0.25, -0.2) is 0 Å². The Bertz CT molecular complexity index is 386. The highest BCUT2D eigenvalue weighted by molar-refractivity contribution is 5.44. The minimum absolute atomic E-state index is 0.0408. The molecule has 1 saturated carbocycles. The van der Waals surface area contributed by atoms with Crippen LogP contribution in [0.1, 0.15) is 50.2 Å². The largest absolute Gasteiger partial charge is 0.496 e. The Hall–Kier alpha value is -1.02. The smallest absolute Gasteiger partial charge is 0.122 e. The fourth-order valence-corrected chi connectivity index (χ4v) is 2.62. The Morgan fingerprint density at radius 2 is 2.06 bits per heavy atom. The third-order valence-electron chi connectivity index (χ3n) is 4.08. The number of ether oxygens (including phenoxy) is 1. The van der Waals surface area contributed by atoms with Crippen molar-refractivity contribution in [3.8, 4) is 5.75 Å². The second-order valence-electron chi connectivity index (χ2n) is 5.41. The van der Waals surface area contributed by atoms with Gasteiger partial charge in [-0.3, -0.25) is 0 Å². The monoisotopic (exact) mass is 234 g/mol. The molecular weight excluding hydrogens is 212 g/mol. The van der Waals surface area contributed by atoms with Crippen molar-refractivity contribution in [1.29, 1.82) is 0 Å². The molecule has 2 rings (SSSR count). The van der Waals surface area contributed by atoms with Crippen LogP contribution in [-0.2, 0) is 5.41 Å².